The van der Waals surface area contributed by atoms with Crippen molar-refractivity contribution in [3.8, 4) is 0 Å². The summed E-state index contributed by atoms with van der Waals surface area (Å²) in [6, 6.07) is 0. The van der Waals surface area contributed by atoms with Gasteiger partial charge in [-0.25, -0.2) is 9.13 Å². The molecule has 0 aliphatic heterocycles. The van der Waals surface area contributed by atoms with Crippen LogP contribution in [0.5, 0.6) is 0 Å². The SMILES string of the molecule is CC/C=C\C/C=C\C/C=C\C/C=C\CCCCCCC(=O)OCC(O)COP(=O)(O)OCC(O)COP(=O)(O)OCC(COC(=O)CCCCCCC/C=C\CCCCCCCC)OC(=O)CCCCCCC/C=C\C/C=C\CCC. The average Bonchev–Trinajstić information content (AvgIpc) is 3.44. The molecule has 468 valence electrons. The minimum Gasteiger partial charge on any atom is -0.463 e. The predicted molar refractivity (Wildman–Crippen MR) is 325 cm³/mol. The lowest BCUT2D eigenvalue weighted by Crippen LogP contribution is -2.30. The highest BCUT2D eigenvalue weighted by atomic mass is 31.2. The van der Waals surface area contributed by atoms with Gasteiger partial charge in [0, 0.05) is 19.3 Å². The fraction of sp³-hybridized carbons (Fsp3) is 0.730. The summed E-state index contributed by atoms with van der Waals surface area (Å²) >= 11 is 0. The fourth-order valence-electron chi connectivity index (χ4n) is 7.83. The van der Waals surface area contributed by atoms with Crippen molar-refractivity contribution < 1.29 is 75.8 Å². The number of esters is 3. The molecule has 5 unspecified atom stereocenters. The second kappa shape index (κ2) is 57.2. The molecule has 0 saturated carbocycles. The van der Waals surface area contributed by atoms with Crippen molar-refractivity contribution in [3.05, 3.63) is 85.1 Å². The van der Waals surface area contributed by atoms with Gasteiger partial charge >= 0.3 is 33.6 Å². The Balaban J connectivity index is 4.70. The molecule has 0 saturated heterocycles. The van der Waals surface area contributed by atoms with Gasteiger partial charge < -0.3 is 34.2 Å². The second-order valence-corrected chi connectivity index (χ2v) is 23.4. The lowest BCUT2D eigenvalue weighted by atomic mass is 10.1. The van der Waals surface area contributed by atoms with Gasteiger partial charge in [-0.2, -0.15) is 0 Å². The van der Waals surface area contributed by atoms with Gasteiger partial charge in [0.05, 0.1) is 26.4 Å². The standard InChI is InChI=1S/C63H110O16P2/c1-4-7-10-13-16-19-22-25-27-28-30-33-34-37-40-43-46-49-61(66)73-52-58(64)53-75-80(69,70)76-54-59(65)55-77-81(71,72)78-57-60(79-63(68)51-48-45-42-39-36-31-24-21-18-15-12-9-6-3)56-74-62(67)50-47-44-41-38-35-32-29-26-23-20-17-14-11-8-5-2/h7,10,12,15-16,19,21,24-27,29-30,33,58-60,64-65H,4-6,8-9,11,13-14,17-18,20,22-23,28,31-32,34-57H2,1-3H3,(H,69,70)(H,71,72)/b10-7-,15-12-,19-16-,24-21-,27-25-,29-26-,33-30-. The van der Waals surface area contributed by atoms with Crippen LogP contribution in [0, 0.1) is 0 Å². The lowest BCUT2D eigenvalue weighted by molar-refractivity contribution is -0.161. The molecule has 0 heterocycles. The third kappa shape index (κ3) is 58.3. The molecular weight excluding hydrogens is 1070 g/mol. The van der Waals surface area contributed by atoms with E-state index in [2.05, 4.69) is 106 Å². The predicted octanol–water partition coefficient (Wildman–Crippen LogP) is 16.2. The van der Waals surface area contributed by atoms with Crippen molar-refractivity contribution >= 4 is 33.6 Å². The molecule has 0 spiro atoms. The highest BCUT2D eigenvalue weighted by Crippen LogP contribution is 2.45. The van der Waals surface area contributed by atoms with Crippen molar-refractivity contribution in [2.45, 2.75) is 257 Å². The van der Waals surface area contributed by atoms with Crippen molar-refractivity contribution in [2.75, 3.05) is 39.6 Å². The van der Waals surface area contributed by atoms with Gasteiger partial charge in [-0.15, -0.1) is 0 Å². The molecule has 0 aromatic heterocycles. The van der Waals surface area contributed by atoms with Crippen LogP contribution in [0.2, 0.25) is 0 Å². The van der Waals surface area contributed by atoms with E-state index in [9.17, 15) is 43.5 Å². The van der Waals surface area contributed by atoms with E-state index in [0.717, 1.165) is 141 Å². The molecule has 4 N–H and O–H groups in total. The number of hydrogen-bond donors (Lipinski definition) is 4. The van der Waals surface area contributed by atoms with Crippen molar-refractivity contribution in [1.82, 2.24) is 0 Å². The van der Waals surface area contributed by atoms with Gasteiger partial charge in [0.25, 0.3) is 0 Å². The molecule has 0 rings (SSSR count). The van der Waals surface area contributed by atoms with E-state index < -0.39 is 91.5 Å². The zero-order chi connectivity index (χ0) is 59.6. The van der Waals surface area contributed by atoms with Crippen LogP contribution in [0.3, 0.4) is 0 Å². The van der Waals surface area contributed by atoms with Crippen LogP contribution >= 0.6 is 15.6 Å². The molecule has 81 heavy (non-hydrogen) atoms. The van der Waals surface area contributed by atoms with Crippen LogP contribution < -0.4 is 0 Å². The summed E-state index contributed by atoms with van der Waals surface area (Å²) in [5.74, 6) is -1.62. The van der Waals surface area contributed by atoms with Crippen molar-refractivity contribution in [2.24, 2.45) is 0 Å². The fourth-order valence-corrected chi connectivity index (χ4v) is 9.41. The van der Waals surface area contributed by atoms with Gasteiger partial charge in [0.1, 0.15) is 25.4 Å². The Morgan fingerprint density at radius 3 is 1.10 bits per heavy atom. The molecule has 0 fully saturated rings. The van der Waals surface area contributed by atoms with Gasteiger partial charge in [0.15, 0.2) is 6.10 Å². The van der Waals surface area contributed by atoms with Crippen molar-refractivity contribution in [3.63, 3.8) is 0 Å². The number of phosphoric ester groups is 2. The minimum atomic E-state index is -4.92. The smallest absolute Gasteiger partial charge is 0.463 e. The third-order valence-corrected chi connectivity index (χ3v) is 14.5. The van der Waals surface area contributed by atoms with E-state index >= 15 is 0 Å². The van der Waals surface area contributed by atoms with E-state index in [4.69, 9.17) is 32.3 Å². The largest absolute Gasteiger partial charge is 0.472 e. The zero-order valence-corrected chi connectivity index (χ0v) is 52.0. The second-order valence-electron chi connectivity index (χ2n) is 20.5. The summed E-state index contributed by atoms with van der Waals surface area (Å²) in [6.07, 6.45) is 57.9. The lowest BCUT2D eigenvalue weighted by Gasteiger charge is -2.21. The molecule has 0 radical (unpaired) electrons. The highest BCUT2D eigenvalue weighted by molar-refractivity contribution is 7.47. The first-order valence-electron chi connectivity index (χ1n) is 30.9. The van der Waals surface area contributed by atoms with E-state index in [0.29, 0.717) is 19.3 Å². The summed E-state index contributed by atoms with van der Waals surface area (Å²) in [6.45, 7) is 2.41. The van der Waals surface area contributed by atoms with E-state index in [1.165, 1.54) is 38.5 Å². The number of carbonyl (C=O) groups excluding carboxylic acids is 3. The summed E-state index contributed by atoms with van der Waals surface area (Å²) in [5.41, 5.74) is 0. The number of hydrogen-bond acceptors (Lipinski definition) is 14. The molecular formula is C63H110O16P2. The van der Waals surface area contributed by atoms with E-state index in [-0.39, 0.29) is 19.3 Å². The highest BCUT2D eigenvalue weighted by Gasteiger charge is 2.29. The summed E-state index contributed by atoms with van der Waals surface area (Å²) < 4.78 is 60.6. The van der Waals surface area contributed by atoms with Gasteiger partial charge in [-0.1, -0.05) is 196 Å². The Morgan fingerprint density at radius 2 is 0.679 bits per heavy atom. The van der Waals surface area contributed by atoms with Gasteiger partial charge in [0.2, 0.25) is 0 Å². The van der Waals surface area contributed by atoms with Gasteiger partial charge in [-0.05, 0) is 109 Å². The molecule has 0 bridgehead atoms. The van der Waals surface area contributed by atoms with Crippen LogP contribution in [0.1, 0.15) is 239 Å². The first-order valence-corrected chi connectivity index (χ1v) is 33.9. The van der Waals surface area contributed by atoms with E-state index in [1.54, 1.807) is 0 Å². The molecule has 0 aromatic carbocycles. The maximum atomic E-state index is 12.9. The van der Waals surface area contributed by atoms with Crippen LogP contribution in [-0.2, 0) is 55.8 Å². The first kappa shape index (κ1) is 77.7. The Kier molecular flexibility index (Phi) is 54.9. The van der Waals surface area contributed by atoms with Crippen LogP contribution in [0.25, 0.3) is 0 Å². The monoisotopic (exact) mass is 1180 g/mol. The molecule has 0 aliphatic carbocycles. The van der Waals surface area contributed by atoms with E-state index in [1.807, 2.05) is 0 Å². The van der Waals surface area contributed by atoms with Crippen LogP contribution in [0.15, 0.2) is 85.1 Å². The Morgan fingerprint density at radius 1 is 0.358 bits per heavy atom. The summed E-state index contributed by atoms with van der Waals surface area (Å²) in [7, 11) is -9.77. The number of unbranched alkanes of at least 4 members (excludes halogenated alkanes) is 21. The maximum absolute atomic E-state index is 12.9. The number of phosphoric acid groups is 2. The number of ether oxygens (including phenoxy) is 3. The number of aliphatic hydroxyl groups excluding tert-OH is 2. The van der Waals surface area contributed by atoms with Crippen LogP contribution in [-0.4, -0.2) is 95.9 Å². The summed E-state index contributed by atoms with van der Waals surface area (Å²) in [5, 5.41) is 20.5. The third-order valence-electron chi connectivity index (χ3n) is 12.6. The minimum absolute atomic E-state index is 0.0863. The van der Waals surface area contributed by atoms with Gasteiger partial charge in [-0.3, -0.25) is 32.5 Å². The molecule has 0 amide bonds. The Labute approximate surface area is 489 Å². The average molecular weight is 1190 g/mol. The molecule has 0 aliphatic rings. The Hall–Kier alpha value is -3.27. The molecule has 18 heteroatoms. The molecule has 0 aromatic rings. The molecule has 16 nitrogen and oxygen atoms in total. The zero-order valence-electron chi connectivity index (χ0n) is 50.2. The number of carbonyl (C=O) groups is 3. The Bertz CT molecular complexity index is 1830. The number of rotatable bonds is 58. The van der Waals surface area contributed by atoms with Crippen LogP contribution in [0.4, 0.5) is 0 Å². The number of aliphatic hydroxyl groups is 2. The topological polar surface area (TPSA) is 231 Å². The van der Waals surface area contributed by atoms with Crippen molar-refractivity contribution in [1.29, 1.82) is 0 Å². The normalized spacial score (nSPS) is 15.0. The maximum Gasteiger partial charge on any atom is 0.472 e. The number of allylic oxidation sites excluding steroid dienone is 14. The molecule has 5 atom stereocenters. The first-order chi connectivity index (χ1) is 39.2. The summed E-state index contributed by atoms with van der Waals surface area (Å²) in [4.78, 5) is 58.1. The quantitative estimate of drug-likeness (QED) is 0.0146.